The second kappa shape index (κ2) is 7.07. The van der Waals surface area contributed by atoms with E-state index in [2.05, 4.69) is 69.8 Å². The van der Waals surface area contributed by atoms with Gasteiger partial charge in [0.1, 0.15) is 5.01 Å². The summed E-state index contributed by atoms with van der Waals surface area (Å²) in [6, 6.07) is 8.39. The fraction of sp³-hybridized carbons (Fsp3) is 0.176. The van der Waals surface area contributed by atoms with E-state index < -0.39 is 0 Å². The van der Waals surface area contributed by atoms with Gasteiger partial charge in [-0.25, -0.2) is 4.98 Å². The summed E-state index contributed by atoms with van der Waals surface area (Å²) in [4.78, 5) is 4.71. The zero-order valence-electron chi connectivity index (χ0n) is 13.7. The monoisotopic (exact) mass is 385 g/mol. The summed E-state index contributed by atoms with van der Waals surface area (Å²) in [7, 11) is 0. The third kappa shape index (κ3) is 3.51. The van der Waals surface area contributed by atoms with Gasteiger partial charge in [0.25, 0.3) is 0 Å². The fourth-order valence-electron chi connectivity index (χ4n) is 2.40. The van der Waals surface area contributed by atoms with Crippen molar-refractivity contribution in [3.8, 4) is 16.3 Å². The van der Waals surface area contributed by atoms with E-state index >= 15 is 0 Å². The number of hydrogen-bond donors (Lipinski definition) is 0. The number of rotatable bonds is 5. The maximum Gasteiger partial charge on any atom is 0.214 e. The minimum Gasteiger partial charge on any atom is -0.240 e. The van der Waals surface area contributed by atoms with Gasteiger partial charge in [0.15, 0.2) is 0 Å². The molecular formula is C17H15N5S3. The summed E-state index contributed by atoms with van der Waals surface area (Å²) < 4.78 is 1.80. The summed E-state index contributed by atoms with van der Waals surface area (Å²) >= 11 is 4.96. The minimum absolute atomic E-state index is 0.742. The van der Waals surface area contributed by atoms with E-state index in [-0.39, 0.29) is 0 Å². The van der Waals surface area contributed by atoms with E-state index in [4.69, 9.17) is 4.98 Å². The van der Waals surface area contributed by atoms with Crippen LogP contribution < -0.4 is 0 Å². The van der Waals surface area contributed by atoms with E-state index in [1.165, 1.54) is 11.1 Å². The number of nitrogens with zero attached hydrogens (tertiary/aromatic N) is 5. The van der Waals surface area contributed by atoms with Crippen LogP contribution in [0.25, 0.3) is 16.3 Å². The first kappa shape index (κ1) is 16.4. The lowest BCUT2D eigenvalue weighted by atomic mass is 10.1. The van der Waals surface area contributed by atoms with Crippen molar-refractivity contribution in [1.29, 1.82) is 0 Å². The lowest BCUT2D eigenvalue weighted by Crippen LogP contribution is -2.02. The van der Waals surface area contributed by atoms with Crippen molar-refractivity contribution in [2.45, 2.75) is 24.8 Å². The summed E-state index contributed by atoms with van der Waals surface area (Å²) in [5.74, 6) is 0.742. The molecule has 8 heteroatoms. The Labute approximate surface area is 157 Å². The topological polar surface area (TPSA) is 56.5 Å². The van der Waals surface area contributed by atoms with E-state index in [0.717, 1.165) is 32.9 Å². The Morgan fingerprint density at radius 1 is 1.16 bits per heavy atom. The number of aryl methyl sites for hydroxylation is 2. The number of benzene rings is 1. The smallest absolute Gasteiger partial charge is 0.214 e. The van der Waals surface area contributed by atoms with Crippen LogP contribution in [-0.2, 0) is 5.75 Å². The van der Waals surface area contributed by atoms with Gasteiger partial charge in [0.05, 0.1) is 11.4 Å². The highest BCUT2D eigenvalue weighted by Gasteiger charge is 2.13. The second-order valence-corrected chi connectivity index (χ2v) is 8.19. The number of thiophene rings is 1. The predicted molar refractivity (Wildman–Crippen MR) is 104 cm³/mol. The number of tetrazole rings is 1. The number of thiazole rings is 1. The van der Waals surface area contributed by atoms with Gasteiger partial charge < -0.3 is 0 Å². The molecule has 0 bridgehead atoms. The quantitative estimate of drug-likeness (QED) is 0.464. The first-order valence-corrected chi connectivity index (χ1v) is 10.5. The Hall–Kier alpha value is -2.03. The molecule has 126 valence electrons. The molecular weight excluding hydrogens is 370 g/mol. The van der Waals surface area contributed by atoms with E-state index in [9.17, 15) is 0 Å². The first-order valence-electron chi connectivity index (χ1n) is 7.66. The second-order valence-electron chi connectivity index (χ2n) is 5.61. The summed E-state index contributed by atoms with van der Waals surface area (Å²) in [6.45, 7) is 4.14. The fourth-order valence-corrected chi connectivity index (χ4v) is 4.81. The van der Waals surface area contributed by atoms with Crippen LogP contribution in [0.2, 0.25) is 0 Å². The van der Waals surface area contributed by atoms with Gasteiger partial charge in [0, 0.05) is 22.1 Å². The molecule has 4 rings (SSSR count). The predicted octanol–water partition coefficient (Wildman–Crippen LogP) is 4.76. The molecule has 1 aromatic carbocycles. The number of thioether (sulfide) groups is 1. The molecule has 3 heterocycles. The summed E-state index contributed by atoms with van der Waals surface area (Å²) in [5.41, 5.74) is 5.59. The molecule has 0 radical (unpaired) electrons. The van der Waals surface area contributed by atoms with Crippen LogP contribution in [0.15, 0.2) is 45.6 Å². The Bertz CT molecular complexity index is 988. The van der Waals surface area contributed by atoms with Gasteiger partial charge in [-0.1, -0.05) is 23.9 Å². The average Bonchev–Trinajstić information content (AvgIpc) is 3.36. The largest absolute Gasteiger partial charge is 0.240 e. The molecule has 0 atom stereocenters. The number of hydrogen-bond acceptors (Lipinski definition) is 7. The average molecular weight is 386 g/mol. The van der Waals surface area contributed by atoms with Crippen LogP contribution in [0.3, 0.4) is 0 Å². The Morgan fingerprint density at radius 2 is 2.08 bits per heavy atom. The van der Waals surface area contributed by atoms with Crippen LogP contribution >= 0.6 is 34.4 Å². The molecule has 3 aromatic heterocycles. The zero-order valence-corrected chi connectivity index (χ0v) is 16.2. The molecule has 25 heavy (non-hydrogen) atoms. The maximum atomic E-state index is 4.71. The van der Waals surface area contributed by atoms with Gasteiger partial charge in [0.2, 0.25) is 5.16 Å². The normalized spacial score (nSPS) is 11.1. The minimum atomic E-state index is 0.742. The van der Waals surface area contributed by atoms with Crippen molar-refractivity contribution in [3.05, 3.63) is 57.2 Å². The van der Waals surface area contributed by atoms with Crippen LogP contribution in [-0.4, -0.2) is 25.2 Å². The van der Waals surface area contributed by atoms with Gasteiger partial charge >= 0.3 is 0 Å². The SMILES string of the molecule is Cc1ccc(C)c(-n2nnnc2SCc2csc(-c3ccsc3)n2)c1. The molecule has 0 saturated carbocycles. The maximum absolute atomic E-state index is 4.71. The van der Waals surface area contributed by atoms with Crippen molar-refractivity contribution >= 4 is 34.4 Å². The highest BCUT2D eigenvalue weighted by molar-refractivity contribution is 7.98. The van der Waals surface area contributed by atoms with Crippen LogP contribution in [0.5, 0.6) is 0 Å². The Morgan fingerprint density at radius 3 is 2.92 bits per heavy atom. The van der Waals surface area contributed by atoms with Crippen molar-refractivity contribution in [2.75, 3.05) is 0 Å². The lowest BCUT2D eigenvalue weighted by Gasteiger charge is -2.08. The molecule has 0 spiro atoms. The highest BCUT2D eigenvalue weighted by Crippen LogP contribution is 2.29. The molecule has 0 aliphatic carbocycles. The molecule has 0 aliphatic heterocycles. The van der Waals surface area contributed by atoms with Crippen LogP contribution in [0, 0.1) is 13.8 Å². The Kier molecular flexibility index (Phi) is 4.65. The molecule has 0 N–H and O–H groups in total. The van der Waals surface area contributed by atoms with E-state index in [0.29, 0.717) is 0 Å². The van der Waals surface area contributed by atoms with Crippen LogP contribution in [0.4, 0.5) is 0 Å². The van der Waals surface area contributed by atoms with Crippen LogP contribution in [0.1, 0.15) is 16.8 Å². The molecule has 4 aromatic rings. The van der Waals surface area contributed by atoms with Crippen molar-refractivity contribution in [2.24, 2.45) is 0 Å². The third-order valence-corrected chi connectivity index (χ3v) is 6.28. The van der Waals surface area contributed by atoms with E-state index in [1.54, 1.807) is 39.1 Å². The zero-order chi connectivity index (χ0) is 17.2. The third-order valence-electron chi connectivity index (χ3n) is 3.70. The molecule has 0 fully saturated rings. The molecule has 0 amide bonds. The van der Waals surface area contributed by atoms with Crippen molar-refractivity contribution in [1.82, 2.24) is 25.2 Å². The van der Waals surface area contributed by atoms with E-state index in [1.807, 2.05) is 0 Å². The first-order chi connectivity index (χ1) is 12.2. The molecule has 0 aliphatic rings. The number of aromatic nitrogens is 5. The van der Waals surface area contributed by atoms with Crippen molar-refractivity contribution in [3.63, 3.8) is 0 Å². The Balaban J connectivity index is 1.53. The van der Waals surface area contributed by atoms with Gasteiger partial charge in [-0.2, -0.15) is 16.0 Å². The highest BCUT2D eigenvalue weighted by atomic mass is 32.2. The summed E-state index contributed by atoms with van der Waals surface area (Å²) in [6.07, 6.45) is 0. The van der Waals surface area contributed by atoms with Crippen molar-refractivity contribution < 1.29 is 0 Å². The van der Waals surface area contributed by atoms with Gasteiger partial charge in [-0.3, -0.25) is 0 Å². The standard InChI is InChI=1S/C17H15N5S3/c1-11-3-4-12(2)15(7-11)22-17(19-20-21-22)25-10-14-9-24-16(18-14)13-5-6-23-8-13/h3-9H,10H2,1-2H3. The van der Waals surface area contributed by atoms with Gasteiger partial charge in [-0.15, -0.1) is 16.4 Å². The molecule has 0 saturated heterocycles. The summed E-state index contributed by atoms with van der Waals surface area (Å²) in [5, 5.41) is 20.3. The molecule has 0 unspecified atom stereocenters. The van der Waals surface area contributed by atoms with Gasteiger partial charge in [-0.05, 0) is 52.9 Å². The lowest BCUT2D eigenvalue weighted by molar-refractivity contribution is 0.751. The molecule has 5 nitrogen and oxygen atoms in total.